The summed E-state index contributed by atoms with van der Waals surface area (Å²) in [5.41, 5.74) is 1.31. The van der Waals surface area contributed by atoms with Crippen molar-refractivity contribution in [2.75, 3.05) is 52.5 Å². The molecule has 178 valence electrons. The number of aromatic nitrogens is 5. The molecular weight excluding hydrogens is 521 g/mol. The van der Waals surface area contributed by atoms with E-state index in [4.69, 9.17) is 9.73 Å². The second-order valence-electron chi connectivity index (χ2n) is 8.57. The van der Waals surface area contributed by atoms with Crippen molar-refractivity contribution in [1.29, 1.82) is 0 Å². The van der Waals surface area contributed by atoms with Gasteiger partial charge in [-0.25, -0.2) is 4.99 Å². The predicted molar refractivity (Wildman–Crippen MR) is 134 cm³/mol. The van der Waals surface area contributed by atoms with E-state index >= 15 is 0 Å². The number of morpholine rings is 1. The summed E-state index contributed by atoms with van der Waals surface area (Å²) in [5.74, 6) is 3.39. The molecule has 1 N–H and O–H groups in total. The van der Waals surface area contributed by atoms with Gasteiger partial charge in [-0.15, -0.1) is 34.2 Å². The Kier molecular flexibility index (Phi) is 9.29. The smallest absolute Gasteiger partial charge is 0.194 e. The zero-order valence-electron chi connectivity index (χ0n) is 19.4. The van der Waals surface area contributed by atoms with Gasteiger partial charge in [0, 0.05) is 59.6 Å². The number of aryl methyl sites for hydroxylation is 2. The lowest BCUT2D eigenvalue weighted by Gasteiger charge is -2.28. The molecule has 2 fully saturated rings. The number of aliphatic imine (C=N–C) groups is 1. The SMILES string of the molecule is Cc1nnc(CN=C(NCCN2CCOCC2)N2CCC(Cc3cnn(C)c3)C2)n1C.I. The number of guanidine groups is 1. The number of nitrogens with zero attached hydrogens (tertiary/aromatic N) is 8. The van der Waals surface area contributed by atoms with Crippen molar-refractivity contribution in [2.45, 2.75) is 26.3 Å². The van der Waals surface area contributed by atoms with Crippen LogP contribution in [0.1, 0.15) is 23.6 Å². The molecule has 2 aromatic heterocycles. The zero-order valence-corrected chi connectivity index (χ0v) is 21.7. The predicted octanol–water partition coefficient (Wildman–Crippen LogP) is 0.817. The number of halogens is 1. The summed E-state index contributed by atoms with van der Waals surface area (Å²) in [6.07, 6.45) is 6.33. The minimum atomic E-state index is 0. The van der Waals surface area contributed by atoms with Crippen LogP contribution < -0.4 is 5.32 Å². The highest BCUT2D eigenvalue weighted by Gasteiger charge is 2.26. The standard InChI is InChI=1S/C21H35N9O.HI/c1-17-25-26-20(28(17)3)14-23-21(22-5-7-29-8-10-31-11-9-29)30-6-4-18(16-30)12-19-13-24-27(2)15-19;/h13,15,18H,4-12,14,16H2,1-3H3,(H,22,23);1H. The minimum absolute atomic E-state index is 0. The second-order valence-corrected chi connectivity index (χ2v) is 8.57. The fourth-order valence-electron chi connectivity index (χ4n) is 4.25. The number of likely N-dealkylation sites (tertiary alicyclic amines) is 1. The molecule has 0 spiro atoms. The molecule has 4 heterocycles. The van der Waals surface area contributed by atoms with E-state index in [1.165, 1.54) is 12.0 Å². The topological polar surface area (TPSA) is 88.6 Å². The molecule has 2 saturated heterocycles. The average molecular weight is 557 g/mol. The van der Waals surface area contributed by atoms with E-state index in [1.807, 2.05) is 36.5 Å². The summed E-state index contributed by atoms with van der Waals surface area (Å²) in [4.78, 5) is 9.76. The van der Waals surface area contributed by atoms with Gasteiger partial charge in [-0.3, -0.25) is 9.58 Å². The van der Waals surface area contributed by atoms with Gasteiger partial charge < -0.3 is 19.5 Å². The summed E-state index contributed by atoms with van der Waals surface area (Å²) in [6.45, 7) is 10.1. The van der Waals surface area contributed by atoms with Gasteiger partial charge in [0.2, 0.25) is 0 Å². The van der Waals surface area contributed by atoms with Gasteiger partial charge in [0.15, 0.2) is 11.8 Å². The van der Waals surface area contributed by atoms with Gasteiger partial charge in [-0.1, -0.05) is 0 Å². The van der Waals surface area contributed by atoms with Gasteiger partial charge in [0.1, 0.15) is 12.4 Å². The minimum Gasteiger partial charge on any atom is -0.379 e. The highest BCUT2D eigenvalue weighted by atomic mass is 127. The quantitative estimate of drug-likeness (QED) is 0.307. The first-order valence-electron chi connectivity index (χ1n) is 11.2. The molecule has 0 aliphatic carbocycles. The number of nitrogens with one attached hydrogen (secondary N) is 1. The number of rotatable bonds is 7. The first-order valence-corrected chi connectivity index (χ1v) is 11.2. The van der Waals surface area contributed by atoms with Crippen molar-refractivity contribution in [3.8, 4) is 0 Å². The van der Waals surface area contributed by atoms with Crippen LogP contribution in [0, 0.1) is 12.8 Å². The maximum atomic E-state index is 5.46. The van der Waals surface area contributed by atoms with Crippen LogP contribution in [0.15, 0.2) is 17.4 Å². The zero-order chi connectivity index (χ0) is 21.6. The van der Waals surface area contributed by atoms with E-state index in [0.29, 0.717) is 12.5 Å². The fraction of sp³-hybridized carbons (Fsp3) is 0.714. The third-order valence-electron chi connectivity index (χ3n) is 6.24. The number of hydrogen-bond acceptors (Lipinski definition) is 6. The summed E-state index contributed by atoms with van der Waals surface area (Å²) in [6, 6.07) is 0. The molecule has 1 atom stereocenters. The normalized spacial score (nSPS) is 19.9. The highest BCUT2D eigenvalue weighted by molar-refractivity contribution is 14.0. The molecule has 32 heavy (non-hydrogen) atoms. The average Bonchev–Trinajstić information content (AvgIpc) is 3.48. The highest BCUT2D eigenvalue weighted by Crippen LogP contribution is 2.21. The molecule has 0 amide bonds. The fourth-order valence-corrected chi connectivity index (χ4v) is 4.25. The van der Waals surface area contributed by atoms with E-state index in [0.717, 1.165) is 76.5 Å². The molecule has 1 unspecified atom stereocenters. The Balaban J connectivity index is 0.00000289. The Bertz CT molecular complexity index is 875. The van der Waals surface area contributed by atoms with Crippen LogP contribution in [-0.4, -0.2) is 92.8 Å². The molecule has 0 bridgehead atoms. The van der Waals surface area contributed by atoms with Crippen LogP contribution in [0.5, 0.6) is 0 Å². The lowest BCUT2D eigenvalue weighted by Crippen LogP contribution is -2.45. The maximum absolute atomic E-state index is 5.46. The van der Waals surface area contributed by atoms with Gasteiger partial charge in [0.25, 0.3) is 0 Å². The van der Waals surface area contributed by atoms with Crippen LogP contribution in [0.2, 0.25) is 0 Å². The first kappa shape index (κ1) is 24.9. The molecule has 2 aliphatic rings. The van der Waals surface area contributed by atoms with E-state index in [2.05, 4.69) is 36.6 Å². The summed E-state index contributed by atoms with van der Waals surface area (Å²) >= 11 is 0. The van der Waals surface area contributed by atoms with Gasteiger partial charge in [-0.05, 0) is 31.2 Å². The Labute approximate surface area is 207 Å². The van der Waals surface area contributed by atoms with Crippen LogP contribution in [-0.2, 0) is 31.8 Å². The van der Waals surface area contributed by atoms with Crippen molar-refractivity contribution in [2.24, 2.45) is 25.0 Å². The van der Waals surface area contributed by atoms with Gasteiger partial charge in [-0.2, -0.15) is 5.10 Å². The van der Waals surface area contributed by atoms with E-state index < -0.39 is 0 Å². The summed E-state index contributed by atoms with van der Waals surface area (Å²) in [7, 11) is 3.97. The molecule has 11 heteroatoms. The first-order chi connectivity index (χ1) is 15.1. The van der Waals surface area contributed by atoms with Crippen molar-refractivity contribution in [3.05, 3.63) is 29.6 Å². The Morgan fingerprint density at radius 1 is 1.22 bits per heavy atom. The lowest BCUT2D eigenvalue weighted by molar-refractivity contribution is 0.0388. The van der Waals surface area contributed by atoms with Crippen molar-refractivity contribution < 1.29 is 4.74 Å². The van der Waals surface area contributed by atoms with Crippen LogP contribution in [0.3, 0.4) is 0 Å². The second kappa shape index (κ2) is 11.9. The van der Waals surface area contributed by atoms with Crippen molar-refractivity contribution in [3.63, 3.8) is 0 Å². The number of ether oxygens (including phenoxy) is 1. The van der Waals surface area contributed by atoms with Crippen LogP contribution in [0.25, 0.3) is 0 Å². The summed E-state index contributed by atoms with van der Waals surface area (Å²) < 4.78 is 9.34. The Morgan fingerprint density at radius 2 is 2.03 bits per heavy atom. The van der Waals surface area contributed by atoms with E-state index in [1.54, 1.807) is 0 Å². The molecule has 2 aromatic rings. The van der Waals surface area contributed by atoms with Crippen LogP contribution in [0.4, 0.5) is 0 Å². The largest absolute Gasteiger partial charge is 0.379 e. The number of hydrogen-bond donors (Lipinski definition) is 1. The van der Waals surface area contributed by atoms with Gasteiger partial charge >= 0.3 is 0 Å². The molecule has 0 saturated carbocycles. The molecule has 0 radical (unpaired) electrons. The molecule has 4 rings (SSSR count). The third-order valence-corrected chi connectivity index (χ3v) is 6.24. The van der Waals surface area contributed by atoms with Crippen LogP contribution >= 0.6 is 24.0 Å². The lowest BCUT2D eigenvalue weighted by atomic mass is 10.0. The van der Waals surface area contributed by atoms with E-state index in [9.17, 15) is 0 Å². The van der Waals surface area contributed by atoms with Gasteiger partial charge in [0.05, 0.1) is 19.4 Å². The maximum Gasteiger partial charge on any atom is 0.194 e. The van der Waals surface area contributed by atoms with E-state index in [-0.39, 0.29) is 24.0 Å². The monoisotopic (exact) mass is 557 g/mol. The third kappa shape index (κ3) is 6.64. The Hall–Kier alpha value is -1.73. The molecular formula is C21H36IN9O. The molecule has 10 nitrogen and oxygen atoms in total. The molecule has 0 aromatic carbocycles. The molecule has 2 aliphatic heterocycles. The Morgan fingerprint density at radius 3 is 2.72 bits per heavy atom. The summed E-state index contributed by atoms with van der Waals surface area (Å²) in [5, 5.41) is 16.4. The van der Waals surface area contributed by atoms with Crippen molar-refractivity contribution in [1.82, 2.24) is 39.7 Å². The van der Waals surface area contributed by atoms with Crippen molar-refractivity contribution >= 4 is 29.9 Å².